The van der Waals surface area contributed by atoms with E-state index in [0.29, 0.717) is 23.0 Å². The Hall–Kier alpha value is -2.80. The van der Waals surface area contributed by atoms with Crippen LogP contribution in [0.4, 0.5) is 0 Å². The molecule has 0 unspecified atom stereocenters. The zero-order valence-electron chi connectivity index (χ0n) is 14.7. The molecule has 26 heavy (non-hydrogen) atoms. The molecule has 0 radical (unpaired) electrons. The molecule has 1 amide bonds. The number of hydrogen-bond donors (Lipinski definition) is 0. The lowest BCUT2D eigenvalue weighted by Crippen LogP contribution is -2.29. The van der Waals surface area contributed by atoms with E-state index >= 15 is 0 Å². The van der Waals surface area contributed by atoms with Crippen molar-refractivity contribution in [2.45, 2.75) is 26.7 Å². The van der Waals surface area contributed by atoms with Gasteiger partial charge in [-0.3, -0.25) is 9.48 Å². The molecule has 0 aliphatic heterocycles. The molecule has 0 aliphatic rings. The number of ether oxygens (including phenoxy) is 1. The average Bonchev–Trinajstić information content (AvgIpc) is 3.29. The summed E-state index contributed by atoms with van der Waals surface area (Å²) in [5.41, 5.74) is 1.42. The lowest BCUT2D eigenvalue weighted by molar-refractivity contribution is 0.0762. The first-order valence-electron chi connectivity index (χ1n) is 8.24. The molecular formula is C18H20ClN5O2. The quantitative estimate of drug-likeness (QED) is 0.638. The van der Waals surface area contributed by atoms with Crippen LogP contribution in [0.5, 0.6) is 5.75 Å². The molecule has 136 valence electrons. The fraction of sp³-hybridized carbons (Fsp3) is 0.278. The van der Waals surface area contributed by atoms with Crippen LogP contribution in [0.15, 0.2) is 48.9 Å². The van der Waals surface area contributed by atoms with Crippen LogP contribution in [0.3, 0.4) is 0 Å². The molecule has 0 N–H and O–H groups in total. The number of carbonyl (C=O) groups excluding carboxylic acids is 1. The van der Waals surface area contributed by atoms with Gasteiger partial charge in [-0.25, -0.2) is 4.68 Å². The summed E-state index contributed by atoms with van der Waals surface area (Å²) in [4.78, 5) is 14.4. The standard InChI is InChI=1S/C18H20ClN5O2/c1-3-23-12-14(10-21-23)11-22(2)18(25)16-8-9-20-24(16)13-26-17-7-5-4-6-15(17)19/h4-10,12H,3,11,13H2,1-2H3. The zero-order valence-corrected chi connectivity index (χ0v) is 15.4. The van der Waals surface area contributed by atoms with Crippen LogP contribution < -0.4 is 4.74 Å². The van der Waals surface area contributed by atoms with Crippen molar-refractivity contribution in [3.63, 3.8) is 0 Å². The number of nitrogens with zero attached hydrogens (tertiary/aromatic N) is 5. The summed E-state index contributed by atoms with van der Waals surface area (Å²) in [5.74, 6) is 0.401. The molecule has 0 saturated heterocycles. The van der Waals surface area contributed by atoms with E-state index in [2.05, 4.69) is 10.2 Å². The van der Waals surface area contributed by atoms with Gasteiger partial charge in [0.05, 0.1) is 11.2 Å². The van der Waals surface area contributed by atoms with Gasteiger partial charge in [0.25, 0.3) is 5.91 Å². The van der Waals surface area contributed by atoms with E-state index in [-0.39, 0.29) is 12.6 Å². The largest absolute Gasteiger partial charge is 0.470 e. The summed E-state index contributed by atoms with van der Waals surface area (Å²) in [7, 11) is 1.75. The van der Waals surface area contributed by atoms with Gasteiger partial charge in [0.2, 0.25) is 0 Å². The molecule has 1 aromatic carbocycles. The molecule has 2 heterocycles. The second-order valence-corrected chi connectivity index (χ2v) is 6.19. The van der Waals surface area contributed by atoms with E-state index in [1.165, 1.54) is 4.68 Å². The van der Waals surface area contributed by atoms with Crippen LogP contribution in [0.1, 0.15) is 23.0 Å². The van der Waals surface area contributed by atoms with E-state index < -0.39 is 0 Å². The zero-order chi connectivity index (χ0) is 18.5. The SMILES string of the molecule is CCn1cc(CN(C)C(=O)c2ccnn2COc2ccccc2Cl)cn1. The molecule has 0 atom stereocenters. The molecule has 0 fully saturated rings. The molecule has 3 aromatic rings. The molecule has 0 spiro atoms. The van der Waals surface area contributed by atoms with Gasteiger partial charge in [-0.2, -0.15) is 10.2 Å². The normalized spacial score (nSPS) is 10.7. The predicted molar refractivity (Wildman–Crippen MR) is 98.0 cm³/mol. The van der Waals surface area contributed by atoms with Crippen LogP contribution in [-0.4, -0.2) is 37.4 Å². The monoisotopic (exact) mass is 373 g/mol. The van der Waals surface area contributed by atoms with Gasteiger partial charge in [0, 0.05) is 38.1 Å². The first kappa shape index (κ1) is 18.0. The fourth-order valence-electron chi connectivity index (χ4n) is 2.51. The number of hydrogen-bond acceptors (Lipinski definition) is 4. The Labute approximate surface area is 156 Å². The molecule has 0 bridgehead atoms. The second-order valence-electron chi connectivity index (χ2n) is 5.79. The highest BCUT2D eigenvalue weighted by Crippen LogP contribution is 2.23. The Morgan fingerprint density at radius 3 is 2.81 bits per heavy atom. The Morgan fingerprint density at radius 2 is 2.08 bits per heavy atom. The van der Waals surface area contributed by atoms with Gasteiger partial charge in [0.1, 0.15) is 11.4 Å². The number of carbonyl (C=O) groups is 1. The summed E-state index contributed by atoms with van der Waals surface area (Å²) in [6.07, 6.45) is 5.28. The third-order valence-electron chi connectivity index (χ3n) is 3.89. The summed E-state index contributed by atoms with van der Waals surface area (Å²) in [6, 6.07) is 8.85. The Kier molecular flexibility index (Phi) is 5.58. The first-order chi connectivity index (χ1) is 12.6. The average molecular weight is 374 g/mol. The van der Waals surface area contributed by atoms with E-state index in [4.69, 9.17) is 16.3 Å². The second kappa shape index (κ2) is 8.05. The number of amides is 1. The van der Waals surface area contributed by atoms with Gasteiger partial charge in [0.15, 0.2) is 6.73 Å². The molecule has 0 saturated carbocycles. The predicted octanol–water partition coefficient (Wildman–Crippen LogP) is 3.06. The topological polar surface area (TPSA) is 65.2 Å². The van der Waals surface area contributed by atoms with Crippen LogP contribution in [-0.2, 0) is 19.8 Å². The first-order valence-corrected chi connectivity index (χ1v) is 8.62. The van der Waals surface area contributed by atoms with Crippen LogP contribution >= 0.6 is 11.6 Å². The number of aromatic nitrogens is 4. The minimum atomic E-state index is -0.144. The van der Waals surface area contributed by atoms with Crippen molar-refractivity contribution < 1.29 is 9.53 Å². The van der Waals surface area contributed by atoms with Gasteiger partial charge in [-0.1, -0.05) is 23.7 Å². The summed E-state index contributed by atoms with van der Waals surface area (Å²) >= 11 is 6.08. The molecular weight excluding hydrogens is 354 g/mol. The maximum absolute atomic E-state index is 12.7. The smallest absolute Gasteiger partial charge is 0.272 e. The Balaban J connectivity index is 1.66. The number of halogens is 1. The van der Waals surface area contributed by atoms with Gasteiger partial charge < -0.3 is 9.64 Å². The maximum Gasteiger partial charge on any atom is 0.272 e. The number of benzene rings is 1. The number of rotatable bonds is 7. The highest BCUT2D eigenvalue weighted by atomic mass is 35.5. The molecule has 8 heteroatoms. The van der Waals surface area contributed by atoms with Crippen LogP contribution in [0.25, 0.3) is 0 Å². The van der Waals surface area contributed by atoms with E-state index in [1.54, 1.807) is 42.5 Å². The number of aryl methyl sites for hydroxylation is 1. The lowest BCUT2D eigenvalue weighted by Gasteiger charge is -2.17. The molecule has 3 rings (SSSR count). The molecule has 2 aromatic heterocycles. The van der Waals surface area contributed by atoms with Crippen molar-refractivity contribution in [3.05, 3.63) is 65.2 Å². The van der Waals surface area contributed by atoms with Crippen molar-refractivity contribution in [1.82, 2.24) is 24.5 Å². The van der Waals surface area contributed by atoms with Crippen LogP contribution in [0, 0.1) is 0 Å². The van der Waals surface area contributed by atoms with Crippen molar-refractivity contribution in [3.8, 4) is 5.75 Å². The summed E-state index contributed by atoms with van der Waals surface area (Å²) in [5, 5.41) is 8.91. The van der Waals surface area contributed by atoms with Crippen molar-refractivity contribution in [2.24, 2.45) is 0 Å². The molecule has 0 aliphatic carbocycles. The maximum atomic E-state index is 12.7. The van der Waals surface area contributed by atoms with Gasteiger partial charge >= 0.3 is 0 Å². The fourth-order valence-corrected chi connectivity index (χ4v) is 2.70. The summed E-state index contributed by atoms with van der Waals surface area (Å²) < 4.78 is 9.01. The van der Waals surface area contributed by atoms with Crippen LogP contribution in [0.2, 0.25) is 5.02 Å². The highest BCUT2D eigenvalue weighted by molar-refractivity contribution is 6.32. The van der Waals surface area contributed by atoms with Crippen molar-refractivity contribution in [2.75, 3.05) is 7.05 Å². The highest BCUT2D eigenvalue weighted by Gasteiger charge is 2.18. The number of para-hydroxylation sites is 1. The van der Waals surface area contributed by atoms with E-state index in [0.717, 1.165) is 12.1 Å². The van der Waals surface area contributed by atoms with Gasteiger partial charge in [-0.15, -0.1) is 0 Å². The van der Waals surface area contributed by atoms with E-state index in [9.17, 15) is 4.79 Å². The third kappa shape index (κ3) is 4.05. The lowest BCUT2D eigenvalue weighted by atomic mass is 10.3. The minimum absolute atomic E-state index is 0.0966. The molecule has 7 nitrogen and oxygen atoms in total. The van der Waals surface area contributed by atoms with Crippen molar-refractivity contribution in [1.29, 1.82) is 0 Å². The Morgan fingerprint density at radius 1 is 1.27 bits per heavy atom. The summed E-state index contributed by atoms with van der Waals surface area (Å²) in [6.45, 7) is 3.38. The minimum Gasteiger partial charge on any atom is -0.470 e. The van der Waals surface area contributed by atoms with Gasteiger partial charge in [-0.05, 0) is 25.1 Å². The van der Waals surface area contributed by atoms with Crippen molar-refractivity contribution >= 4 is 17.5 Å². The Bertz CT molecular complexity index is 889. The van der Waals surface area contributed by atoms with E-state index in [1.807, 2.05) is 29.9 Å². The third-order valence-corrected chi connectivity index (χ3v) is 4.20.